The minimum absolute atomic E-state index is 0.526. The molecule has 4 rings (SSSR count). The molecule has 2 heterocycles. The van der Waals surface area contributed by atoms with E-state index in [0.717, 1.165) is 33.3 Å². The Labute approximate surface area is 196 Å². The van der Waals surface area contributed by atoms with E-state index in [4.69, 9.17) is 28.4 Å². The lowest BCUT2D eigenvalue weighted by molar-refractivity contribution is 0.324. The number of furan rings is 1. The fourth-order valence-corrected chi connectivity index (χ4v) is 4.41. The van der Waals surface area contributed by atoms with Crippen LogP contribution in [0.2, 0.25) is 0 Å². The molecule has 0 saturated carbocycles. The van der Waals surface area contributed by atoms with Gasteiger partial charge in [-0.25, -0.2) is 4.99 Å². The van der Waals surface area contributed by atoms with Crippen LogP contribution in [0.3, 0.4) is 0 Å². The first-order valence-corrected chi connectivity index (χ1v) is 11.3. The van der Waals surface area contributed by atoms with E-state index in [1.165, 1.54) is 0 Å². The van der Waals surface area contributed by atoms with Gasteiger partial charge < -0.3 is 27.9 Å². The molecule has 0 atom stereocenters. The number of hydrogen-bond donors (Lipinski definition) is 0. The van der Waals surface area contributed by atoms with Crippen LogP contribution in [0.5, 0.6) is 23.0 Å². The van der Waals surface area contributed by atoms with Gasteiger partial charge in [-0.1, -0.05) is 0 Å². The predicted molar refractivity (Wildman–Crippen MR) is 128 cm³/mol. The van der Waals surface area contributed by atoms with Gasteiger partial charge in [0, 0.05) is 10.9 Å². The molecule has 0 amide bonds. The third-order valence-corrected chi connectivity index (χ3v) is 5.89. The summed E-state index contributed by atoms with van der Waals surface area (Å²) in [5.41, 5.74) is 2.71. The van der Waals surface area contributed by atoms with Gasteiger partial charge >= 0.3 is 0 Å². The normalized spacial score (nSPS) is 11.5. The fraction of sp³-hybridized carbons (Fsp3) is 0.240. The Bertz CT molecular complexity index is 1230. The Kier molecular flexibility index (Phi) is 7.04. The topological polar surface area (TPSA) is 67.3 Å². The van der Waals surface area contributed by atoms with E-state index in [9.17, 15) is 0 Å². The summed E-state index contributed by atoms with van der Waals surface area (Å²) in [6.45, 7) is 3.12. The Morgan fingerprint density at radius 3 is 2.27 bits per heavy atom. The largest absolute Gasteiger partial charge is 0.494 e. The van der Waals surface area contributed by atoms with Crippen molar-refractivity contribution in [1.82, 2.24) is 4.57 Å². The quantitative estimate of drug-likeness (QED) is 0.325. The summed E-state index contributed by atoms with van der Waals surface area (Å²) in [5.74, 6) is 3.38. The number of hydrogen-bond acceptors (Lipinski definition) is 7. The molecule has 0 radical (unpaired) electrons. The van der Waals surface area contributed by atoms with Crippen LogP contribution >= 0.6 is 11.3 Å². The van der Waals surface area contributed by atoms with E-state index in [-0.39, 0.29) is 0 Å². The molecule has 0 aliphatic heterocycles. The number of thiazole rings is 1. The van der Waals surface area contributed by atoms with Crippen LogP contribution in [-0.2, 0) is 6.54 Å². The molecule has 8 heteroatoms. The molecular weight excluding hydrogens is 440 g/mol. The average Bonchev–Trinajstić information content (AvgIpc) is 3.50. The Balaban J connectivity index is 1.83. The Morgan fingerprint density at radius 1 is 0.970 bits per heavy atom. The monoisotopic (exact) mass is 466 g/mol. The molecule has 172 valence electrons. The highest BCUT2D eigenvalue weighted by Crippen LogP contribution is 2.41. The molecule has 0 unspecified atom stereocenters. The molecule has 0 saturated heterocycles. The number of ether oxygens (including phenoxy) is 4. The number of aromatic nitrogens is 1. The second-order valence-electron chi connectivity index (χ2n) is 7.02. The number of nitrogens with zero attached hydrogens (tertiary/aromatic N) is 2. The summed E-state index contributed by atoms with van der Waals surface area (Å²) < 4.78 is 29.9. The third kappa shape index (κ3) is 4.90. The highest BCUT2D eigenvalue weighted by Gasteiger charge is 2.17. The van der Waals surface area contributed by atoms with Gasteiger partial charge in [0.25, 0.3) is 0 Å². The summed E-state index contributed by atoms with van der Waals surface area (Å²) in [5, 5.41) is 2.07. The van der Waals surface area contributed by atoms with E-state index in [1.807, 2.05) is 55.5 Å². The molecule has 0 N–H and O–H groups in total. The summed E-state index contributed by atoms with van der Waals surface area (Å²) in [7, 11) is 4.81. The molecule has 0 bridgehead atoms. The zero-order valence-corrected chi connectivity index (χ0v) is 19.8. The first-order chi connectivity index (χ1) is 16.2. The molecule has 0 spiro atoms. The maximum Gasteiger partial charge on any atom is 0.203 e. The summed E-state index contributed by atoms with van der Waals surface area (Å²) in [6.07, 6.45) is 1.67. The van der Waals surface area contributed by atoms with Gasteiger partial charge in [-0.2, -0.15) is 0 Å². The lowest BCUT2D eigenvalue weighted by Gasteiger charge is -2.15. The minimum Gasteiger partial charge on any atom is -0.494 e. The van der Waals surface area contributed by atoms with E-state index in [0.29, 0.717) is 30.4 Å². The third-order valence-electron chi connectivity index (χ3n) is 5.02. The van der Waals surface area contributed by atoms with Crippen LogP contribution < -0.4 is 23.7 Å². The molecule has 4 aromatic rings. The molecule has 0 fully saturated rings. The van der Waals surface area contributed by atoms with Crippen molar-refractivity contribution in [2.45, 2.75) is 13.5 Å². The Morgan fingerprint density at radius 2 is 1.70 bits per heavy atom. The average molecular weight is 467 g/mol. The standard InChI is InChI=1S/C25H26N2O5S/c1-5-31-19-10-8-18(9-11-19)26-25-27(15-20-7-6-12-32-20)21(16-33-25)17-13-22(28-2)24(30-4)23(14-17)29-3/h6-14,16H,5,15H2,1-4H3. The highest BCUT2D eigenvalue weighted by atomic mass is 32.1. The van der Waals surface area contributed by atoms with Gasteiger partial charge in [-0.3, -0.25) is 0 Å². The minimum atomic E-state index is 0.526. The van der Waals surface area contributed by atoms with E-state index < -0.39 is 0 Å². The molecule has 2 aromatic carbocycles. The van der Waals surface area contributed by atoms with Crippen LogP contribution in [0.15, 0.2) is 69.6 Å². The SMILES string of the molecule is CCOc1ccc(N=c2scc(-c3cc(OC)c(OC)c(OC)c3)n2Cc2ccco2)cc1. The second kappa shape index (κ2) is 10.3. The van der Waals surface area contributed by atoms with Gasteiger partial charge in [0.2, 0.25) is 5.75 Å². The van der Waals surface area contributed by atoms with Gasteiger partial charge in [0.15, 0.2) is 16.3 Å². The van der Waals surface area contributed by atoms with Crippen molar-refractivity contribution in [1.29, 1.82) is 0 Å². The molecule has 2 aromatic heterocycles. The number of benzene rings is 2. The van der Waals surface area contributed by atoms with Crippen molar-refractivity contribution in [2.24, 2.45) is 4.99 Å². The van der Waals surface area contributed by atoms with Gasteiger partial charge in [0.05, 0.1) is 52.1 Å². The zero-order chi connectivity index (χ0) is 23.2. The van der Waals surface area contributed by atoms with Crippen molar-refractivity contribution in [3.63, 3.8) is 0 Å². The lowest BCUT2D eigenvalue weighted by Crippen LogP contribution is -2.16. The lowest BCUT2D eigenvalue weighted by atomic mass is 10.1. The predicted octanol–water partition coefficient (Wildman–Crippen LogP) is 5.51. The molecular formula is C25H26N2O5S. The first kappa shape index (κ1) is 22.5. The maximum atomic E-state index is 5.63. The van der Waals surface area contributed by atoms with Crippen molar-refractivity contribution < 1.29 is 23.4 Å². The van der Waals surface area contributed by atoms with Crippen LogP contribution in [0.1, 0.15) is 12.7 Å². The fourth-order valence-electron chi connectivity index (χ4n) is 3.48. The first-order valence-electron chi connectivity index (χ1n) is 10.5. The molecule has 7 nitrogen and oxygen atoms in total. The smallest absolute Gasteiger partial charge is 0.203 e. The van der Waals surface area contributed by atoms with Gasteiger partial charge in [-0.05, 0) is 55.5 Å². The molecule has 0 aliphatic rings. The Hall–Kier alpha value is -3.65. The van der Waals surface area contributed by atoms with Crippen LogP contribution in [0, 0.1) is 0 Å². The van der Waals surface area contributed by atoms with E-state index in [2.05, 4.69) is 9.95 Å². The summed E-state index contributed by atoms with van der Waals surface area (Å²) in [6, 6.07) is 15.4. The second-order valence-corrected chi connectivity index (χ2v) is 7.86. The van der Waals surface area contributed by atoms with E-state index in [1.54, 1.807) is 38.9 Å². The van der Waals surface area contributed by atoms with Crippen LogP contribution in [0.25, 0.3) is 11.3 Å². The number of methoxy groups -OCH3 is 3. The van der Waals surface area contributed by atoms with Crippen LogP contribution in [0.4, 0.5) is 5.69 Å². The zero-order valence-electron chi connectivity index (χ0n) is 19.0. The highest BCUT2D eigenvalue weighted by molar-refractivity contribution is 7.07. The maximum absolute atomic E-state index is 5.63. The van der Waals surface area contributed by atoms with Crippen LogP contribution in [-0.4, -0.2) is 32.5 Å². The van der Waals surface area contributed by atoms with Crippen molar-refractivity contribution >= 4 is 17.0 Å². The van der Waals surface area contributed by atoms with Gasteiger partial charge in [-0.15, -0.1) is 11.3 Å². The summed E-state index contributed by atoms with van der Waals surface area (Å²) in [4.78, 5) is 5.72. The molecule has 0 aliphatic carbocycles. The van der Waals surface area contributed by atoms with Crippen molar-refractivity contribution in [3.8, 4) is 34.3 Å². The van der Waals surface area contributed by atoms with Crippen molar-refractivity contribution in [3.05, 3.63) is 70.7 Å². The molecule has 33 heavy (non-hydrogen) atoms. The number of rotatable bonds is 9. The summed E-state index contributed by atoms with van der Waals surface area (Å²) >= 11 is 1.55. The van der Waals surface area contributed by atoms with E-state index >= 15 is 0 Å². The van der Waals surface area contributed by atoms with Crippen molar-refractivity contribution in [2.75, 3.05) is 27.9 Å². The van der Waals surface area contributed by atoms with Gasteiger partial charge in [0.1, 0.15) is 11.5 Å².